The predicted octanol–water partition coefficient (Wildman–Crippen LogP) is 3.76. The number of carbonyl (C=O) groups is 2. The lowest BCUT2D eigenvalue weighted by Crippen LogP contribution is -2.36. The summed E-state index contributed by atoms with van der Waals surface area (Å²) in [5.41, 5.74) is 2.42. The van der Waals surface area contributed by atoms with Gasteiger partial charge < -0.3 is 19.7 Å². The molecule has 6 nitrogen and oxygen atoms in total. The summed E-state index contributed by atoms with van der Waals surface area (Å²) in [6.07, 6.45) is 1.87. The third kappa shape index (κ3) is 6.07. The molecule has 1 amide bonds. The van der Waals surface area contributed by atoms with E-state index in [-0.39, 0.29) is 0 Å². The summed E-state index contributed by atoms with van der Waals surface area (Å²) in [6, 6.07) is 14.7. The first-order chi connectivity index (χ1) is 14.0. The molecule has 0 radical (unpaired) electrons. The molecule has 2 aromatic carbocycles. The number of esters is 1. The number of morpholine rings is 1. The van der Waals surface area contributed by atoms with Crippen LogP contribution in [-0.2, 0) is 19.1 Å². The van der Waals surface area contributed by atoms with Gasteiger partial charge in [-0.3, -0.25) is 4.79 Å². The minimum atomic E-state index is -0.933. The van der Waals surface area contributed by atoms with Crippen molar-refractivity contribution in [2.45, 2.75) is 13.0 Å². The number of ether oxygens (including phenoxy) is 2. The van der Waals surface area contributed by atoms with E-state index in [1.54, 1.807) is 24.3 Å². The summed E-state index contributed by atoms with van der Waals surface area (Å²) < 4.78 is 10.5. The Kier molecular flexibility index (Phi) is 7.27. The number of rotatable bonds is 6. The van der Waals surface area contributed by atoms with E-state index < -0.39 is 18.0 Å². The maximum absolute atomic E-state index is 12.3. The smallest absolute Gasteiger partial charge is 0.331 e. The molecule has 0 bridgehead atoms. The highest BCUT2D eigenvalue weighted by molar-refractivity contribution is 6.32. The van der Waals surface area contributed by atoms with Crippen LogP contribution in [0.25, 0.3) is 6.08 Å². The molecular weight excluding hydrogens is 392 g/mol. The first-order valence-corrected chi connectivity index (χ1v) is 9.77. The molecule has 1 atom stereocenters. The van der Waals surface area contributed by atoms with Gasteiger partial charge in [0.05, 0.1) is 13.2 Å². The van der Waals surface area contributed by atoms with Crippen LogP contribution in [0, 0.1) is 0 Å². The maximum atomic E-state index is 12.3. The van der Waals surface area contributed by atoms with Gasteiger partial charge in [-0.2, -0.15) is 0 Å². The molecule has 0 aromatic heterocycles. The van der Waals surface area contributed by atoms with Crippen molar-refractivity contribution in [1.82, 2.24) is 0 Å². The molecule has 0 saturated carbocycles. The van der Waals surface area contributed by atoms with E-state index in [1.165, 1.54) is 13.0 Å². The highest BCUT2D eigenvalue weighted by Gasteiger charge is 2.17. The second-order valence-electron chi connectivity index (χ2n) is 6.57. The van der Waals surface area contributed by atoms with Gasteiger partial charge >= 0.3 is 5.97 Å². The van der Waals surface area contributed by atoms with Crippen LogP contribution in [0.1, 0.15) is 12.5 Å². The van der Waals surface area contributed by atoms with Gasteiger partial charge in [-0.15, -0.1) is 0 Å². The van der Waals surface area contributed by atoms with Gasteiger partial charge in [0.15, 0.2) is 6.10 Å². The van der Waals surface area contributed by atoms with Crippen LogP contribution in [0.5, 0.6) is 0 Å². The van der Waals surface area contributed by atoms with Gasteiger partial charge in [0.2, 0.25) is 0 Å². The molecule has 1 aliphatic heterocycles. The normalized spacial score (nSPS) is 15.2. The minimum Gasteiger partial charge on any atom is -0.449 e. The molecule has 2 aromatic rings. The summed E-state index contributed by atoms with van der Waals surface area (Å²) in [5, 5.41) is 3.29. The van der Waals surface area contributed by atoms with Gasteiger partial charge in [0.25, 0.3) is 5.91 Å². The van der Waals surface area contributed by atoms with Crippen LogP contribution in [-0.4, -0.2) is 44.3 Å². The van der Waals surface area contributed by atoms with Crippen molar-refractivity contribution >= 4 is 40.9 Å². The highest BCUT2D eigenvalue weighted by Crippen LogP contribution is 2.19. The van der Waals surface area contributed by atoms with Crippen molar-refractivity contribution in [3.05, 3.63) is 65.2 Å². The van der Waals surface area contributed by atoms with Crippen molar-refractivity contribution < 1.29 is 19.1 Å². The van der Waals surface area contributed by atoms with E-state index in [1.807, 2.05) is 30.3 Å². The first-order valence-electron chi connectivity index (χ1n) is 9.40. The van der Waals surface area contributed by atoms with Crippen LogP contribution in [0.3, 0.4) is 0 Å². The van der Waals surface area contributed by atoms with Gasteiger partial charge in [-0.25, -0.2) is 4.79 Å². The topological polar surface area (TPSA) is 67.9 Å². The standard InChI is InChI=1S/C22H23ClN2O4/c1-16(29-21(26)11-6-17-4-2-3-5-20(17)23)22(27)24-18-7-9-19(10-8-18)25-12-14-28-15-13-25/h2-11,16H,12-15H2,1H3,(H,24,27)/b11-6+/t16-/m1/s1. The molecule has 7 heteroatoms. The quantitative estimate of drug-likeness (QED) is 0.575. The molecule has 1 fully saturated rings. The summed E-state index contributed by atoms with van der Waals surface area (Å²) >= 11 is 6.04. The zero-order chi connectivity index (χ0) is 20.6. The first kappa shape index (κ1) is 20.9. The molecule has 1 N–H and O–H groups in total. The minimum absolute atomic E-state index is 0.399. The average Bonchev–Trinajstić information content (AvgIpc) is 2.74. The van der Waals surface area contributed by atoms with E-state index in [9.17, 15) is 9.59 Å². The molecule has 1 heterocycles. The maximum Gasteiger partial charge on any atom is 0.331 e. The summed E-state index contributed by atoms with van der Waals surface area (Å²) in [4.78, 5) is 26.5. The van der Waals surface area contributed by atoms with Crippen molar-refractivity contribution in [3.63, 3.8) is 0 Å². The van der Waals surface area contributed by atoms with Crippen LogP contribution in [0.15, 0.2) is 54.6 Å². The number of amides is 1. The molecule has 152 valence electrons. The fourth-order valence-electron chi connectivity index (χ4n) is 2.86. The van der Waals surface area contributed by atoms with Crippen molar-refractivity contribution in [3.8, 4) is 0 Å². The largest absolute Gasteiger partial charge is 0.449 e. The highest BCUT2D eigenvalue weighted by atomic mass is 35.5. The zero-order valence-corrected chi connectivity index (χ0v) is 16.9. The van der Waals surface area contributed by atoms with E-state index in [0.717, 1.165) is 18.8 Å². The second kappa shape index (κ2) is 10.1. The van der Waals surface area contributed by atoms with E-state index in [2.05, 4.69) is 10.2 Å². The Morgan fingerprint density at radius 3 is 2.52 bits per heavy atom. The van der Waals surface area contributed by atoms with Gasteiger partial charge in [0.1, 0.15) is 0 Å². The number of anilines is 2. The third-order valence-corrected chi connectivity index (χ3v) is 4.82. The van der Waals surface area contributed by atoms with Crippen LogP contribution in [0.4, 0.5) is 11.4 Å². The third-order valence-electron chi connectivity index (χ3n) is 4.48. The molecular formula is C22H23ClN2O4. The molecule has 3 rings (SSSR count). The number of halogens is 1. The molecule has 29 heavy (non-hydrogen) atoms. The Morgan fingerprint density at radius 1 is 1.14 bits per heavy atom. The number of carbonyl (C=O) groups excluding carboxylic acids is 2. The Labute approximate surface area is 175 Å². The van der Waals surface area contributed by atoms with E-state index >= 15 is 0 Å². The summed E-state index contributed by atoms with van der Waals surface area (Å²) in [7, 11) is 0. The van der Waals surface area contributed by atoms with Crippen LogP contribution < -0.4 is 10.2 Å². The number of hydrogen-bond donors (Lipinski definition) is 1. The lowest BCUT2D eigenvalue weighted by molar-refractivity contribution is -0.148. The van der Waals surface area contributed by atoms with E-state index in [0.29, 0.717) is 29.5 Å². The fraction of sp³-hybridized carbons (Fsp3) is 0.273. The van der Waals surface area contributed by atoms with Crippen LogP contribution in [0.2, 0.25) is 5.02 Å². The average molecular weight is 415 g/mol. The fourth-order valence-corrected chi connectivity index (χ4v) is 3.05. The Morgan fingerprint density at radius 2 is 1.83 bits per heavy atom. The van der Waals surface area contributed by atoms with Crippen molar-refractivity contribution in [2.75, 3.05) is 36.5 Å². The zero-order valence-electron chi connectivity index (χ0n) is 16.1. The SMILES string of the molecule is C[C@@H](OC(=O)/C=C/c1ccccc1Cl)C(=O)Nc1ccc(N2CCOCC2)cc1. The van der Waals surface area contributed by atoms with Gasteiger partial charge in [-0.1, -0.05) is 29.8 Å². The molecule has 1 aliphatic rings. The Hall–Kier alpha value is -2.83. The predicted molar refractivity (Wildman–Crippen MR) is 114 cm³/mol. The van der Waals surface area contributed by atoms with Gasteiger partial charge in [-0.05, 0) is 48.9 Å². The lowest BCUT2D eigenvalue weighted by Gasteiger charge is -2.28. The van der Waals surface area contributed by atoms with Crippen LogP contribution >= 0.6 is 11.6 Å². The Balaban J connectivity index is 1.50. The van der Waals surface area contributed by atoms with Crippen molar-refractivity contribution in [1.29, 1.82) is 0 Å². The molecule has 0 spiro atoms. The number of hydrogen-bond acceptors (Lipinski definition) is 5. The lowest BCUT2D eigenvalue weighted by atomic mass is 10.2. The second-order valence-corrected chi connectivity index (χ2v) is 6.98. The molecule has 0 unspecified atom stereocenters. The summed E-state index contributed by atoms with van der Waals surface area (Å²) in [6.45, 7) is 4.65. The van der Waals surface area contributed by atoms with E-state index in [4.69, 9.17) is 21.1 Å². The monoisotopic (exact) mass is 414 g/mol. The Bertz CT molecular complexity index is 877. The number of nitrogens with one attached hydrogen (secondary N) is 1. The number of nitrogens with zero attached hydrogens (tertiary/aromatic N) is 1. The molecule has 1 saturated heterocycles. The van der Waals surface area contributed by atoms with Crippen molar-refractivity contribution in [2.24, 2.45) is 0 Å². The van der Waals surface area contributed by atoms with Gasteiger partial charge in [0, 0.05) is 35.6 Å². The number of benzene rings is 2. The summed E-state index contributed by atoms with van der Waals surface area (Å²) in [5.74, 6) is -1.01. The molecule has 0 aliphatic carbocycles.